The Balaban J connectivity index is 1.69. The number of piperidine rings is 1. The number of hydrogen-bond acceptors (Lipinski definition) is 4. The first-order valence-corrected chi connectivity index (χ1v) is 9.05. The number of carbonyl (C=O) groups is 2. The second-order valence-corrected chi connectivity index (χ2v) is 7.09. The zero-order valence-electron chi connectivity index (χ0n) is 15.1. The highest BCUT2D eigenvalue weighted by Gasteiger charge is 2.48. The number of aryl methyl sites for hydroxylation is 1. The second kappa shape index (κ2) is 6.55. The van der Waals surface area contributed by atoms with E-state index in [-0.39, 0.29) is 29.8 Å². The van der Waals surface area contributed by atoms with Crippen LogP contribution in [0.1, 0.15) is 37.4 Å². The number of amides is 2. The van der Waals surface area contributed by atoms with Gasteiger partial charge >= 0.3 is 0 Å². The van der Waals surface area contributed by atoms with Crippen LogP contribution in [0.25, 0.3) is 0 Å². The summed E-state index contributed by atoms with van der Waals surface area (Å²) < 4.78 is 1.78. The van der Waals surface area contributed by atoms with Crippen molar-refractivity contribution in [3.05, 3.63) is 42.4 Å². The molecule has 2 atom stereocenters. The van der Waals surface area contributed by atoms with E-state index in [0.717, 1.165) is 18.5 Å². The maximum absolute atomic E-state index is 13.3. The molecule has 4 rings (SSSR count). The highest BCUT2D eigenvalue weighted by molar-refractivity contribution is 5.95. The summed E-state index contributed by atoms with van der Waals surface area (Å²) in [7, 11) is 3.62. The van der Waals surface area contributed by atoms with Gasteiger partial charge < -0.3 is 4.90 Å². The van der Waals surface area contributed by atoms with E-state index in [0.29, 0.717) is 18.7 Å². The number of carbonyl (C=O) groups excluding carboxylic acids is 2. The third-order valence-corrected chi connectivity index (χ3v) is 5.38. The molecule has 1 saturated carbocycles. The molecule has 7 nitrogen and oxygen atoms in total. The molecule has 0 unspecified atom stereocenters. The molecule has 136 valence electrons. The number of aromatic nitrogens is 3. The summed E-state index contributed by atoms with van der Waals surface area (Å²) in [5, 5.41) is 4.27. The fourth-order valence-corrected chi connectivity index (χ4v) is 3.89. The van der Waals surface area contributed by atoms with Gasteiger partial charge in [-0.1, -0.05) is 6.07 Å². The number of pyridine rings is 1. The van der Waals surface area contributed by atoms with E-state index in [1.807, 2.05) is 36.2 Å². The molecule has 2 aromatic rings. The smallest absolute Gasteiger partial charge is 0.233 e. The molecule has 0 N–H and O–H groups in total. The molecule has 1 aliphatic carbocycles. The predicted octanol–water partition coefficient (Wildman–Crippen LogP) is 1.92. The van der Waals surface area contributed by atoms with Crippen LogP contribution in [0, 0.1) is 5.92 Å². The largest absolute Gasteiger partial charge is 0.330 e. The summed E-state index contributed by atoms with van der Waals surface area (Å²) >= 11 is 0. The minimum Gasteiger partial charge on any atom is -0.330 e. The lowest BCUT2D eigenvalue weighted by Gasteiger charge is -2.41. The molecule has 0 spiro atoms. The summed E-state index contributed by atoms with van der Waals surface area (Å²) in [6.07, 6.45) is 6.39. The van der Waals surface area contributed by atoms with Crippen LogP contribution in [0.4, 0.5) is 5.82 Å². The number of anilines is 1. The Labute approximate surface area is 152 Å². The molecular weight excluding hydrogens is 330 g/mol. The molecule has 7 heteroatoms. The van der Waals surface area contributed by atoms with E-state index < -0.39 is 0 Å². The number of likely N-dealkylation sites (tertiary alicyclic amines) is 1. The molecule has 1 aliphatic heterocycles. The molecule has 2 aromatic heterocycles. The van der Waals surface area contributed by atoms with Crippen LogP contribution in [0.3, 0.4) is 0 Å². The van der Waals surface area contributed by atoms with E-state index in [4.69, 9.17) is 0 Å². The summed E-state index contributed by atoms with van der Waals surface area (Å²) in [5.74, 6) is 0.461. The van der Waals surface area contributed by atoms with Crippen LogP contribution in [0.2, 0.25) is 0 Å². The fourth-order valence-electron chi connectivity index (χ4n) is 3.89. The van der Waals surface area contributed by atoms with Crippen molar-refractivity contribution in [1.29, 1.82) is 0 Å². The van der Waals surface area contributed by atoms with Gasteiger partial charge in [0.25, 0.3) is 0 Å². The second-order valence-electron chi connectivity index (χ2n) is 7.09. The lowest BCUT2D eigenvalue weighted by atomic mass is 9.85. The maximum Gasteiger partial charge on any atom is 0.233 e. The summed E-state index contributed by atoms with van der Waals surface area (Å²) in [6.45, 7) is 0. The van der Waals surface area contributed by atoms with Crippen molar-refractivity contribution in [1.82, 2.24) is 19.7 Å². The summed E-state index contributed by atoms with van der Waals surface area (Å²) in [4.78, 5) is 33.8. The molecule has 1 saturated heterocycles. The molecule has 2 aliphatic rings. The first-order valence-electron chi connectivity index (χ1n) is 9.05. The molecule has 0 radical (unpaired) electrons. The van der Waals surface area contributed by atoms with Crippen molar-refractivity contribution in [2.45, 2.75) is 37.8 Å². The normalized spacial score (nSPS) is 23.2. The number of rotatable bonds is 4. The average molecular weight is 353 g/mol. The van der Waals surface area contributed by atoms with Gasteiger partial charge in [-0.3, -0.25) is 19.2 Å². The lowest BCUT2D eigenvalue weighted by molar-refractivity contribution is -0.143. The van der Waals surface area contributed by atoms with Gasteiger partial charge in [0.15, 0.2) is 0 Å². The molecule has 0 bridgehead atoms. The molecule has 3 heterocycles. The highest BCUT2D eigenvalue weighted by atomic mass is 16.2. The van der Waals surface area contributed by atoms with Gasteiger partial charge in [0.05, 0.1) is 17.7 Å². The van der Waals surface area contributed by atoms with Gasteiger partial charge in [-0.05, 0) is 37.5 Å². The van der Waals surface area contributed by atoms with E-state index >= 15 is 0 Å². The molecule has 26 heavy (non-hydrogen) atoms. The Morgan fingerprint density at radius 2 is 2.00 bits per heavy atom. The van der Waals surface area contributed by atoms with E-state index in [9.17, 15) is 9.59 Å². The van der Waals surface area contributed by atoms with Crippen LogP contribution in [-0.4, -0.2) is 44.6 Å². The Kier molecular flexibility index (Phi) is 4.22. The lowest BCUT2D eigenvalue weighted by Crippen LogP contribution is -2.50. The molecule has 2 amide bonds. The fraction of sp³-hybridized carbons (Fsp3) is 0.474. The third-order valence-electron chi connectivity index (χ3n) is 5.38. The van der Waals surface area contributed by atoms with Crippen LogP contribution in [0.5, 0.6) is 0 Å². The minimum atomic E-state index is -0.296. The standard InChI is InChI=1S/C19H23N5O2/c1-22(16-5-3-4-11-20-16)19(26)14-8-9-17(25)24(13-6-7-13)18(14)15-10-12-21-23(15)2/h3-5,10-14,18H,6-9H2,1-2H3/t14-,18-/m0/s1. The molecular formula is C19H23N5O2. The van der Waals surface area contributed by atoms with Gasteiger partial charge in [-0.15, -0.1) is 0 Å². The minimum absolute atomic E-state index is 0.00644. The first-order chi connectivity index (χ1) is 12.6. The van der Waals surface area contributed by atoms with E-state index in [1.165, 1.54) is 0 Å². The van der Waals surface area contributed by atoms with E-state index in [2.05, 4.69) is 10.1 Å². The van der Waals surface area contributed by atoms with Crippen molar-refractivity contribution in [3.8, 4) is 0 Å². The van der Waals surface area contributed by atoms with Gasteiger partial charge in [0, 0.05) is 39.0 Å². The Morgan fingerprint density at radius 3 is 2.62 bits per heavy atom. The highest BCUT2D eigenvalue weighted by Crippen LogP contribution is 2.44. The van der Waals surface area contributed by atoms with Crippen molar-refractivity contribution < 1.29 is 9.59 Å². The maximum atomic E-state index is 13.3. The van der Waals surface area contributed by atoms with Crippen LogP contribution >= 0.6 is 0 Å². The monoisotopic (exact) mass is 353 g/mol. The summed E-state index contributed by atoms with van der Waals surface area (Å²) in [5.41, 5.74) is 0.915. The Hall–Kier alpha value is -2.70. The van der Waals surface area contributed by atoms with E-state index in [1.54, 1.807) is 29.0 Å². The van der Waals surface area contributed by atoms with Gasteiger partial charge in [0.1, 0.15) is 5.82 Å². The zero-order valence-corrected chi connectivity index (χ0v) is 15.1. The zero-order chi connectivity index (χ0) is 18.3. The van der Waals surface area contributed by atoms with Gasteiger partial charge in [-0.2, -0.15) is 5.10 Å². The average Bonchev–Trinajstić information content (AvgIpc) is 3.41. The third kappa shape index (κ3) is 2.87. The van der Waals surface area contributed by atoms with Crippen molar-refractivity contribution in [2.75, 3.05) is 11.9 Å². The number of nitrogens with zero attached hydrogens (tertiary/aromatic N) is 5. The predicted molar refractivity (Wildman–Crippen MR) is 96.2 cm³/mol. The van der Waals surface area contributed by atoms with Crippen LogP contribution in [0.15, 0.2) is 36.7 Å². The molecule has 0 aromatic carbocycles. The van der Waals surface area contributed by atoms with Crippen molar-refractivity contribution >= 4 is 17.6 Å². The topological polar surface area (TPSA) is 71.3 Å². The number of hydrogen-bond donors (Lipinski definition) is 0. The van der Waals surface area contributed by atoms with Crippen LogP contribution in [-0.2, 0) is 16.6 Å². The Morgan fingerprint density at radius 1 is 1.19 bits per heavy atom. The SMILES string of the molecule is CN(C(=O)[C@H]1CCC(=O)N(C2CC2)[C@@H]1c1ccnn1C)c1ccccn1. The van der Waals surface area contributed by atoms with Gasteiger partial charge in [0.2, 0.25) is 11.8 Å². The van der Waals surface area contributed by atoms with Crippen LogP contribution < -0.4 is 4.90 Å². The quantitative estimate of drug-likeness (QED) is 0.842. The Bertz CT molecular complexity index is 814. The molecule has 2 fully saturated rings. The first kappa shape index (κ1) is 16.8. The van der Waals surface area contributed by atoms with Crippen molar-refractivity contribution in [3.63, 3.8) is 0 Å². The van der Waals surface area contributed by atoms with Gasteiger partial charge in [-0.25, -0.2) is 4.98 Å². The van der Waals surface area contributed by atoms with Crippen molar-refractivity contribution in [2.24, 2.45) is 13.0 Å². The summed E-state index contributed by atoms with van der Waals surface area (Å²) in [6, 6.07) is 7.41.